The Morgan fingerprint density at radius 3 is 2.36 bits per heavy atom. The zero-order valence-corrected chi connectivity index (χ0v) is 24.3. The number of amides is 2. The summed E-state index contributed by atoms with van der Waals surface area (Å²) >= 11 is 0. The number of rotatable bonds is 6. The summed E-state index contributed by atoms with van der Waals surface area (Å²) in [5.74, 6) is -0.837. The number of anilines is 2. The number of nitro groups is 1. The number of hydrogen-bond acceptors (Lipinski definition) is 9. The Kier molecular flexibility index (Phi) is 7.11. The van der Waals surface area contributed by atoms with Gasteiger partial charge in [-0.15, -0.1) is 0 Å². The number of benzene rings is 2. The maximum atomic E-state index is 14.7. The summed E-state index contributed by atoms with van der Waals surface area (Å²) in [5.41, 5.74) is 0.247. The summed E-state index contributed by atoms with van der Waals surface area (Å²) in [6.07, 6.45) is -0.0286. The number of fused-ring (bicyclic) bond motifs is 1. The monoisotopic (exact) mass is 604 g/mol. The molecule has 15 heteroatoms. The lowest BCUT2D eigenvalue weighted by atomic mass is 10.1. The lowest BCUT2D eigenvalue weighted by Crippen LogP contribution is -2.53. The molecule has 14 nitrogen and oxygen atoms in total. The molecule has 2 aliphatic rings. The van der Waals surface area contributed by atoms with Gasteiger partial charge in [0.2, 0.25) is 11.9 Å². The van der Waals surface area contributed by atoms with E-state index in [9.17, 15) is 33.7 Å². The van der Waals surface area contributed by atoms with Gasteiger partial charge in [0, 0.05) is 58.0 Å². The molecule has 2 aromatic heterocycles. The maximum Gasteiger partial charge on any atom is 0.332 e. The summed E-state index contributed by atoms with van der Waals surface area (Å²) < 4.78 is 18.6. The number of nitro benzene ring substituents is 1. The largest absolute Gasteiger partial charge is 0.340 e. The molecule has 1 atom stereocenters. The minimum absolute atomic E-state index is 0.00528. The first-order valence-corrected chi connectivity index (χ1v) is 14.0. The van der Waals surface area contributed by atoms with E-state index in [1.165, 1.54) is 42.9 Å². The first-order chi connectivity index (χ1) is 21.0. The normalized spacial score (nSPS) is 17.7. The molecule has 2 aromatic carbocycles. The summed E-state index contributed by atoms with van der Waals surface area (Å²) in [4.78, 5) is 72.6. The number of halogens is 1. The van der Waals surface area contributed by atoms with Gasteiger partial charge in [-0.1, -0.05) is 18.2 Å². The number of imidazole rings is 1. The van der Waals surface area contributed by atoms with Gasteiger partial charge < -0.3 is 4.90 Å². The Balaban J connectivity index is 1.28. The molecule has 2 fully saturated rings. The van der Waals surface area contributed by atoms with Crippen molar-refractivity contribution >= 4 is 40.3 Å². The van der Waals surface area contributed by atoms with E-state index in [-0.39, 0.29) is 35.7 Å². The van der Waals surface area contributed by atoms with E-state index in [1.807, 2.05) is 9.80 Å². The van der Waals surface area contributed by atoms with Crippen LogP contribution in [0.5, 0.6) is 0 Å². The van der Waals surface area contributed by atoms with Gasteiger partial charge in [0.1, 0.15) is 5.82 Å². The van der Waals surface area contributed by atoms with Crippen molar-refractivity contribution in [2.24, 2.45) is 14.1 Å². The Bertz CT molecular complexity index is 1970. The van der Waals surface area contributed by atoms with Crippen LogP contribution in [0.1, 0.15) is 17.5 Å². The zero-order valence-electron chi connectivity index (χ0n) is 24.3. The number of aryl methyl sites for hydroxylation is 2. The molecule has 0 aliphatic carbocycles. The number of piperazine rings is 1. The van der Waals surface area contributed by atoms with Crippen LogP contribution < -0.4 is 21.0 Å². The topological polar surface area (TPSA) is 149 Å². The van der Waals surface area contributed by atoms with E-state index in [2.05, 4.69) is 4.98 Å². The van der Waals surface area contributed by atoms with Gasteiger partial charge in [-0.3, -0.25) is 43.1 Å². The number of non-ortho nitro benzene ring substituents is 1. The van der Waals surface area contributed by atoms with Crippen molar-refractivity contribution in [1.82, 2.24) is 23.6 Å². The number of aromatic nitrogens is 4. The predicted molar refractivity (Wildman–Crippen MR) is 158 cm³/mol. The molecule has 4 aromatic rings. The molecule has 228 valence electrons. The van der Waals surface area contributed by atoms with Crippen LogP contribution in [0.4, 0.5) is 21.7 Å². The molecule has 2 aliphatic heterocycles. The summed E-state index contributed by atoms with van der Waals surface area (Å²) in [6, 6.07) is 9.55. The highest BCUT2D eigenvalue weighted by Crippen LogP contribution is 2.31. The molecule has 0 radical (unpaired) electrons. The van der Waals surface area contributed by atoms with Crippen LogP contribution in [0, 0.1) is 22.9 Å². The van der Waals surface area contributed by atoms with E-state index in [0.29, 0.717) is 48.9 Å². The molecule has 0 spiro atoms. The van der Waals surface area contributed by atoms with Gasteiger partial charge in [-0.25, -0.2) is 14.1 Å². The first-order valence-electron chi connectivity index (χ1n) is 14.0. The standard InChI is InChI=1S/C29H29FN8O6/c1-17-14-19(38(43)44)8-9-21(17)37-23(39)15-22(26(37)40)34-10-12-35(13-11-34)28-31-25-24(27(41)33(3)29(42)32(25)2)36(28)16-18-6-4-5-7-20(18)30/h4-9,14,22H,10-13,15-16H2,1-3H3. The average molecular weight is 605 g/mol. The Morgan fingerprint density at radius 2 is 1.70 bits per heavy atom. The Hall–Kier alpha value is -5.18. The van der Waals surface area contributed by atoms with Crippen LogP contribution in [-0.2, 0) is 30.2 Å². The van der Waals surface area contributed by atoms with Crippen LogP contribution in [0.15, 0.2) is 52.1 Å². The van der Waals surface area contributed by atoms with Crippen LogP contribution in [0.3, 0.4) is 0 Å². The minimum Gasteiger partial charge on any atom is -0.340 e. The van der Waals surface area contributed by atoms with E-state index in [4.69, 9.17) is 0 Å². The minimum atomic E-state index is -0.704. The third-order valence-corrected chi connectivity index (χ3v) is 8.41. The van der Waals surface area contributed by atoms with E-state index in [0.717, 1.165) is 9.47 Å². The highest BCUT2D eigenvalue weighted by Gasteiger charge is 2.44. The van der Waals surface area contributed by atoms with Gasteiger partial charge >= 0.3 is 5.69 Å². The van der Waals surface area contributed by atoms with Crippen molar-refractivity contribution in [1.29, 1.82) is 0 Å². The quantitative estimate of drug-likeness (QED) is 0.180. The highest BCUT2D eigenvalue weighted by molar-refractivity contribution is 6.22. The SMILES string of the molecule is Cc1cc([N+](=O)[O-])ccc1N1C(=O)CC(N2CCN(c3nc4c(c(=O)n(C)c(=O)n4C)n3Cc3ccccc3F)CC2)C1=O. The number of hydrogen-bond donors (Lipinski definition) is 0. The molecule has 2 amide bonds. The Labute approximate surface area is 249 Å². The molecule has 0 saturated carbocycles. The molecule has 4 heterocycles. The third-order valence-electron chi connectivity index (χ3n) is 8.41. The number of imide groups is 1. The number of carbonyl (C=O) groups is 2. The van der Waals surface area contributed by atoms with Crippen LogP contribution in [0.25, 0.3) is 11.2 Å². The third kappa shape index (κ3) is 4.65. The van der Waals surface area contributed by atoms with Gasteiger partial charge in [-0.2, -0.15) is 4.98 Å². The summed E-state index contributed by atoms with van der Waals surface area (Å²) in [5, 5.41) is 11.1. The summed E-state index contributed by atoms with van der Waals surface area (Å²) in [7, 11) is 2.90. The fourth-order valence-corrected chi connectivity index (χ4v) is 6.02. The van der Waals surface area contributed by atoms with E-state index >= 15 is 0 Å². The van der Waals surface area contributed by atoms with Crippen molar-refractivity contribution in [2.45, 2.75) is 25.9 Å². The smallest absolute Gasteiger partial charge is 0.332 e. The highest BCUT2D eigenvalue weighted by atomic mass is 19.1. The molecule has 2 saturated heterocycles. The predicted octanol–water partition coefficient (Wildman–Crippen LogP) is 1.29. The molecular weight excluding hydrogens is 575 g/mol. The second-order valence-corrected chi connectivity index (χ2v) is 11.0. The van der Waals surface area contributed by atoms with Crippen LogP contribution in [0.2, 0.25) is 0 Å². The van der Waals surface area contributed by atoms with Gasteiger partial charge in [0.25, 0.3) is 17.2 Å². The maximum absolute atomic E-state index is 14.7. The van der Waals surface area contributed by atoms with E-state index in [1.54, 1.807) is 29.7 Å². The zero-order chi connectivity index (χ0) is 31.4. The van der Waals surface area contributed by atoms with Crippen LogP contribution >= 0.6 is 0 Å². The number of carbonyl (C=O) groups excluding carboxylic acids is 2. The first kappa shape index (κ1) is 28.9. The van der Waals surface area contributed by atoms with Crippen molar-refractivity contribution in [3.05, 3.63) is 90.4 Å². The number of nitrogens with zero attached hydrogens (tertiary/aromatic N) is 8. The fourth-order valence-electron chi connectivity index (χ4n) is 6.02. The van der Waals surface area contributed by atoms with Crippen molar-refractivity contribution in [2.75, 3.05) is 36.0 Å². The van der Waals surface area contributed by atoms with Gasteiger partial charge in [-0.05, 0) is 24.6 Å². The molecule has 0 N–H and O–H groups in total. The van der Waals surface area contributed by atoms with Crippen molar-refractivity contribution < 1.29 is 18.9 Å². The lowest BCUT2D eigenvalue weighted by molar-refractivity contribution is -0.384. The van der Waals surface area contributed by atoms with Crippen LogP contribution in [-0.4, -0.2) is 72.5 Å². The van der Waals surface area contributed by atoms with Gasteiger partial charge in [0.15, 0.2) is 11.2 Å². The lowest BCUT2D eigenvalue weighted by Gasteiger charge is -2.37. The molecule has 6 rings (SSSR count). The van der Waals surface area contributed by atoms with E-state index < -0.39 is 33.9 Å². The fraction of sp³-hybridized carbons (Fsp3) is 0.345. The Morgan fingerprint density at radius 1 is 1.00 bits per heavy atom. The second kappa shape index (κ2) is 10.8. The van der Waals surface area contributed by atoms with Crippen molar-refractivity contribution in [3.8, 4) is 0 Å². The average Bonchev–Trinajstić information content (AvgIpc) is 3.53. The van der Waals surface area contributed by atoms with Crippen molar-refractivity contribution in [3.63, 3.8) is 0 Å². The molecule has 44 heavy (non-hydrogen) atoms. The summed E-state index contributed by atoms with van der Waals surface area (Å²) in [6.45, 7) is 3.15. The molecular formula is C29H29FN8O6. The van der Waals surface area contributed by atoms with Gasteiger partial charge in [0.05, 0.1) is 29.6 Å². The molecule has 1 unspecified atom stereocenters. The molecule has 0 bridgehead atoms. The second-order valence-electron chi connectivity index (χ2n) is 11.0.